The number of carbonyl (C=O) groups is 1. The first-order valence-electron chi connectivity index (χ1n) is 4.66. The Hall–Kier alpha value is -0.770. The van der Waals surface area contributed by atoms with Crippen molar-refractivity contribution < 1.29 is 14.3 Å². The normalized spacial score (nSPS) is 20.8. The van der Waals surface area contributed by atoms with E-state index >= 15 is 0 Å². The molecular weight excluding hydrogens is 170 g/mol. The standard InChI is InChI=1S/C9H17NO3/c1-3-9(10-8(11)12-2)4-6-13-7-5-9/h3-7H2,1-2H3,(H,10,11). The highest BCUT2D eigenvalue weighted by Crippen LogP contribution is 2.23. The van der Waals surface area contributed by atoms with E-state index in [0.717, 1.165) is 32.5 Å². The Morgan fingerprint density at radius 1 is 1.54 bits per heavy atom. The fraction of sp³-hybridized carbons (Fsp3) is 0.889. The Balaban J connectivity index is 2.52. The number of ether oxygens (including phenoxy) is 2. The Kier molecular flexibility index (Phi) is 3.54. The monoisotopic (exact) mass is 187 g/mol. The van der Waals surface area contributed by atoms with Crippen molar-refractivity contribution in [2.24, 2.45) is 0 Å². The van der Waals surface area contributed by atoms with E-state index in [1.54, 1.807) is 0 Å². The molecule has 76 valence electrons. The summed E-state index contributed by atoms with van der Waals surface area (Å²) in [6.07, 6.45) is 2.33. The Bertz CT molecular complexity index is 176. The van der Waals surface area contributed by atoms with Crippen LogP contribution < -0.4 is 5.32 Å². The van der Waals surface area contributed by atoms with Crippen molar-refractivity contribution in [3.8, 4) is 0 Å². The third kappa shape index (κ3) is 2.59. The van der Waals surface area contributed by atoms with E-state index in [0.29, 0.717) is 0 Å². The lowest BCUT2D eigenvalue weighted by atomic mass is 9.87. The molecule has 1 rings (SSSR count). The van der Waals surface area contributed by atoms with Crippen molar-refractivity contribution in [2.75, 3.05) is 20.3 Å². The van der Waals surface area contributed by atoms with Crippen LogP contribution in [-0.2, 0) is 9.47 Å². The lowest BCUT2D eigenvalue weighted by Crippen LogP contribution is -2.51. The first-order valence-corrected chi connectivity index (χ1v) is 4.66. The summed E-state index contributed by atoms with van der Waals surface area (Å²) in [5.41, 5.74) is -0.106. The van der Waals surface area contributed by atoms with Crippen molar-refractivity contribution in [1.82, 2.24) is 5.32 Å². The summed E-state index contributed by atoms with van der Waals surface area (Å²) in [4.78, 5) is 11.1. The summed E-state index contributed by atoms with van der Waals surface area (Å²) >= 11 is 0. The van der Waals surface area contributed by atoms with Crippen LogP contribution in [0.15, 0.2) is 0 Å². The van der Waals surface area contributed by atoms with Gasteiger partial charge in [-0.1, -0.05) is 6.92 Å². The molecule has 1 N–H and O–H groups in total. The molecule has 1 aliphatic heterocycles. The molecule has 13 heavy (non-hydrogen) atoms. The Morgan fingerprint density at radius 2 is 2.15 bits per heavy atom. The summed E-state index contributed by atoms with van der Waals surface area (Å²) in [5.74, 6) is 0. The Morgan fingerprint density at radius 3 is 2.62 bits per heavy atom. The molecule has 0 radical (unpaired) electrons. The van der Waals surface area contributed by atoms with Gasteiger partial charge < -0.3 is 14.8 Å². The molecular formula is C9H17NO3. The lowest BCUT2D eigenvalue weighted by molar-refractivity contribution is 0.0357. The van der Waals surface area contributed by atoms with Gasteiger partial charge >= 0.3 is 6.09 Å². The van der Waals surface area contributed by atoms with Gasteiger partial charge in [0, 0.05) is 18.8 Å². The summed E-state index contributed by atoms with van der Waals surface area (Å²) in [6.45, 7) is 3.51. The van der Waals surface area contributed by atoms with Crippen LogP contribution in [0.2, 0.25) is 0 Å². The molecule has 0 aromatic carbocycles. The van der Waals surface area contributed by atoms with Crippen LogP contribution in [0.4, 0.5) is 4.79 Å². The van der Waals surface area contributed by atoms with Crippen molar-refractivity contribution in [1.29, 1.82) is 0 Å². The predicted molar refractivity (Wildman–Crippen MR) is 48.6 cm³/mol. The number of carbonyl (C=O) groups excluding carboxylic acids is 1. The largest absolute Gasteiger partial charge is 0.453 e. The molecule has 0 aromatic heterocycles. The van der Waals surface area contributed by atoms with Crippen molar-refractivity contribution in [2.45, 2.75) is 31.7 Å². The zero-order valence-electron chi connectivity index (χ0n) is 8.26. The SMILES string of the molecule is CCC1(NC(=O)OC)CCOCC1. The zero-order valence-corrected chi connectivity index (χ0v) is 8.26. The molecule has 0 spiro atoms. The van der Waals surface area contributed by atoms with E-state index in [-0.39, 0.29) is 11.6 Å². The quantitative estimate of drug-likeness (QED) is 0.708. The minimum atomic E-state index is -0.344. The van der Waals surface area contributed by atoms with Crippen LogP contribution in [0.3, 0.4) is 0 Å². The van der Waals surface area contributed by atoms with E-state index in [1.807, 2.05) is 0 Å². The van der Waals surface area contributed by atoms with Gasteiger partial charge in [0.1, 0.15) is 0 Å². The highest BCUT2D eigenvalue weighted by Gasteiger charge is 2.32. The van der Waals surface area contributed by atoms with Gasteiger partial charge in [0.15, 0.2) is 0 Å². The van der Waals surface area contributed by atoms with Crippen LogP contribution in [-0.4, -0.2) is 32.0 Å². The molecule has 1 aliphatic rings. The highest BCUT2D eigenvalue weighted by atomic mass is 16.5. The predicted octanol–water partition coefficient (Wildman–Crippen LogP) is 1.30. The molecule has 0 unspecified atom stereocenters. The van der Waals surface area contributed by atoms with E-state index in [4.69, 9.17) is 4.74 Å². The minimum absolute atomic E-state index is 0.106. The average Bonchev–Trinajstić information content (AvgIpc) is 2.19. The minimum Gasteiger partial charge on any atom is -0.453 e. The first-order chi connectivity index (χ1) is 6.22. The fourth-order valence-corrected chi connectivity index (χ4v) is 1.60. The average molecular weight is 187 g/mol. The third-order valence-electron chi connectivity index (χ3n) is 2.68. The second kappa shape index (κ2) is 4.46. The summed E-state index contributed by atoms with van der Waals surface area (Å²) in [6, 6.07) is 0. The maximum atomic E-state index is 11.1. The van der Waals surface area contributed by atoms with Gasteiger partial charge in [-0.2, -0.15) is 0 Å². The first kappa shape index (κ1) is 10.3. The second-order valence-corrected chi connectivity index (χ2v) is 3.36. The van der Waals surface area contributed by atoms with E-state index in [1.165, 1.54) is 7.11 Å². The van der Waals surface area contributed by atoms with Gasteiger partial charge in [-0.05, 0) is 19.3 Å². The molecule has 0 aromatic rings. The van der Waals surface area contributed by atoms with Crippen molar-refractivity contribution in [3.05, 3.63) is 0 Å². The maximum Gasteiger partial charge on any atom is 0.407 e. The van der Waals surface area contributed by atoms with Crippen LogP contribution in [0.25, 0.3) is 0 Å². The van der Waals surface area contributed by atoms with Gasteiger partial charge in [0.05, 0.1) is 7.11 Å². The van der Waals surface area contributed by atoms with Crippen LogP contribution in [0.1, 0.15) is 26.2 Å². The maximum absolute atomic E-state index is 11.1. The molecule has 0 aliphatic carbocycles. The smallest absolute Gasteiger partial charge is 0.407 e. The van der Waals surface area contributed by atoms with Gasteiger partial charge in [-0.3, -0.25) is 0 Å². The molecule has 1 amide bonds. The van der Waals surface area contributed by atoms with E-state index < -0.39 is 0 Å². The van der Waals surface area contributed by atoms with Crippen LogP contribution >= 0.6 is 0 Å². The molecule has 4 nitrogen and oxygen atoms in total. The van der Waals surface area contributed by atoms with Crippen LogP contribution in [0, 0.1) is 0 Å². The summed E-state index contributed by atoms with van der Waals surface area (Å²) in [5, 5.41) is 2.89. The number of hydrogen-bond acceptors (Lipinski definition) is 3. The zero-order chi connectivity index (χ0) is 9.73. The number of methoxy groups -OCH3 is 1. The number of alkyl carbamates (subject to hydrolysis) is 1. The van der Waals surface area contributed by atoms with E-state index in [2.05, 4.69) is 17.0 Å². The number of amides is 1. The number of nitrogens with one attached hydrogen (secondary N) is 1. The topological polar surface area (TPSA) is 47.6 Å². The second-order valence-electron chi connectivity index (χ2n) is 3.36. The van der Waals surface area contributed by atoms with Crippen molar-refractivity contribution in [3.63, 3.8) is 0 Å². The highest BCUT2D eigenvalue weighted by molar-refractivity contribution is 5.68. The lowest BCUT2D eigenvalue weighted by Gasteiger charge is -2.36. The van der Waals surface area contributed by atoms with Gasteiger partial charge in [0.25, 0.3) is 0 Å². The molecule has 1 fully saturated rings. The van der Waals surface area contributed by atoms with Crippen molar-refractivity contribution >= 4 is 6.09 Å². The summed E-state index contributed by atoms with van der Waals surface area (Å²) in [7, 11) is 1.39. The van der Waals surface area contributed by atoms with Gasteiger partial charge in [-0.15, -0.1) is 0 Å². The van der Waals surface area contributed by atoms with Gasteiger partial charge in [-0.25, -0.2) is 4.79 Å². The molecule has 0 bridgehead atoms. The van der Waals surface area contributed by atoms with E-state index in [9.17, 15) is 4.79 Å². The molecule has 1 heterocycles. The summed E-state index contributed by atoms with van der Waals surface area (Å²) < 4.78 is 9.84. The Labute approximate surface area is 78.6 Å². The van der Waals surface area contributed by atoms with Gasteiger partial charge in [0.2, 0.25) is 0 Å². The number of hydrogen-bond donors (Lipinski definition) is 1. The third-order valence-corrected chi connectivity index (χ3v) is 2.68. The fourth-order valence-electron chi connectivity index (χ4n) is 1.60. The van der Waals surface area contributed by atoms with Crippen LogP contribution in [0.5, 0.6) is 0 Å². The molecule has 4 heteroatoms. The molecule has 0 saturated carbocycles. The molecule has 1 saturated heterocycles. The number of rotatable bonds is 2. The molecule has 0 atom stereocenters.